The summed E-state index contributed by atoms with van der Waals surface area (Å²) in [5.41, 5.74) is 0. The van der Waals surface area contributed by atoms with Gasteiger partial charge in [0.05, 0.1) is 5.75 Å². The lowest BCUT2D eigenvalue weighted by Crippen LogP contribution is -2.36. The summed E-state index contributed by atoms with van der Waals surface area (Å²) in [5, 5.41) is 3.31. The van der Waals surface area contributed by atoms with Gasteiger partial charge < -0.3 is 5.32 Å². The van der Waals surface area contributed by atoms with Crippen molar-refractivity contribution in [1.82, 2.24) is 10.0 Å². The van der Waals surface area contributed by atoms with Crippen LogP contribution in [0.1, 0.15) is 52.9 Å². The predicted molar refractivity (Wildman–Crippen MR) is 80.7 cm³/mol. The number of rotatable bonds is 8. The Bertz CT molecular complexity index is 335. The molecule has 0 saturated carbocycles. The van der Waals surface area contributed by atoms with Gasteiger partial charge in [0.2, 0.25) is 10.0 Å². The van der Waals surface area contributed by atoms with E-state index in [-0.39, 0.29) is 11.8 Å². The van der Waals surface area contributed by atoms with Crippen molar-refractivity contribution in [3.8, 4) is 0 Å². The minimum absolute atomic E-state index is 0.0559. The van der Waals surface area contributed by atoms with E-state index in [0.717, 1.165) is 45.2 Å². The molecule has 0 aromatic carbocycles. The van der Waals surface area contributed by atoms with Gasteiger partial charge in [-0.3, -0.25) is 0 Å². The zero-order valence-corrected chi connectivity index (χ0v) is 13.4. The van der Waals surface area contributed by atoms with Crippen LogP contribution in [0, 0.1) is 11.8 Å². The van der Waals surface area contributed by atoms with E-state index in [4.69, 9.17) is 0 Å². The molecule has 1 saturated heterocycles. The Hall–Kier alpha value is -0.130. The third-order valence-corrected chi connectivity index (χ3v) is 5.35. The molecule has 0 aromatic rings. The summed E-state index contributed by atoms with van der Waals surface area (Å²) in [6.45, 7) is 8.35. The van der Waals surface area contributed by atoms with Crippen LogP contribution in [0.25, 0.3) is 0 Å². The van der Waals surface area contributed by atoms with Crippen molar-refractivity contribution < 1.29 is 8.42 Å². The Morgan fingerprint density at radius 3 is 2.37 bits per heavy atom. The van der Waals surface area contributed by atoms with Crippen molar-refractivity contribution >= 4 is 10.0 Å². The lowest BCUT2D eigenvalue weighted by molar-refractivity contribution is 0.364. The number of hydrogen-bond donors (Lipinski definition) is 2. The molecule has 114 valence electrons. The van der Waals surface area contributed by atoms with E-state index in [2.05, 4.69) is 23.9 Å². The Labute approximate surface area is 118 Å². The van der Waals surface area contributed by atoms with Gasteiger partial charge >= 0.3 is 0 Å². The highest BCUT2D eigenvalue weighted by atomic mass is 32.2. The fourth-order valence-electron chi connectivity index (χ4n) is 2.50. The third kappa shape index (κ3) is 7.90. The fraction of sp³-hybridized carbons (Fsp3) is 1.00. The Balaban J connectivity index is 2.26. The molecule has 5 heteroatoms. The van der Waals surface area contributed by atoms with Gasteiger partial charge in [0.15, 0.2) is 0 Å². The number of sulfonamides is 1. The normalized spacial score (nSPS) is 19.8. The number of nitrogens with one attached hydrogen (secondary N) is 2. The minimum Gasteiger partial charge on any atom is -0.317 e. The van der Waals surface area contributed by atoms with Crippen LogP contribution in [0.3, 0.4) is 0 Å². The monoisotopic (exact) mass is 290 g/mol. The zero-order chi connectivity index (χ0) is 14.3. The van der Waals surface area contributed by atoms with Crippen LogP contribution < -0.4 is 10.0 Å². The lowest BCUT2D eigenvalue weighted by Gasteiger charge is -2.23. The highest BCUT2D eigenvalue weighted by Crippen LogP contribution is 2.16. The molecule has 0 aromatic heterocycles. The molecule has 4 nitrogen and oxygen atoms in total. The summed E-state index contributed by atoms with van der Waals surface area (Å²) in [7, 11) is -3.10. The van der Waals surface area contributed by atoms with Crippen molar-refractivity contribution in [1.29, 1.82) is 0 Å². The van der Waals surface area contributed by atoms with Crippen LogP contribution >= 0.6 is 0 Å². The van der Waals surface area contributed by atoms with Gasteiger partial charge in [-0.15, -0.1) is 0 Å². The summed E-state index contributed by atoms with van der Waals surface area (Å²) in [5.74, 6) is 1.48. The first-order valence-electron chi connectivity index (χ1n) is 7.60. The van der Waals surface area contributed by atoms with Crippen LogP contribution in [0.5, 0.6) is 0 Å². The molecular formula is C14H30N2O2S. The first-order chi connectivity index (χ1) is 8.89. The topological polar surface area (TPSA) is 58.2 Å². The molecular weight excluding hydrogens is 260 g/mol. The van der Waals surface area contributed by atoms with Crippen LogP contribution in [0.2, 0.25) is 0 Å². The SMILES string of the molecule is CC(C)CCC(C)NS(=O)(=O)CCC1CCNCC1. The fourth-order valence-corrected chi connectivity index (χ4v) is 3.99. The molecule has 1 rings (SSSR count). The lowest BCUT2D eigenvalue weighted by atomic mass is 9.96. The average molecular weight is 290 g/mol. The van der Waals surface area contributed by atoms with Gasteiger partial charge in [-0.2, -0.15) is 0 Å². The van der Waals surface area contributed by atoms with E-state index in [1.807, 2.05) is 6.92 Å². The standard InChI is InChI=1S/C14H30N2O2S/c1-12(2)4-5-13(3)16-19(17,18)11-8-14-6-9-15-10-7-14/h12-16H,4-11H2,1-3H3. The molecule has 0 aliphatic carbocycles. The van der Waals surface area contributed by atoms with Gasteiger partial charge in [-0.25, -0.2) is 13.1 Å². The maximum atomic E-state index is 12.0. The Kier molecular flexibility index (Phi) is 7.32. The quantitative estimate of drug-likeness (QED) is 0.720. The van der Waals surface area contributed by atoms with Crippen molar-refractivity contribution in [3.05, 3.63) is 0 Å². The molecule has 0 spiro atoms. The molecule has 1 aliphatic rings. The molecule has 19 heavy (non-hydrogen) atoms. The first-order valence-corrected chi connectivity index (χ1v) is 9.25. The largest absolute Gasteiger partial charge is 0.317 e. The maximum absolute atomic E-state index is 12.0. The van der Waals surface area contributed by atoms with Crippen LogP contribution in [-0.2, 0) is 10.0 Å². The molecule has 1 unspecified atom stereocenters. The molecule has 2 N–H and O–H groups in total. The molecule has 1 atom stereocenters. The van der Waals surface area contributed by atoms with Crippen molar-refractivity contribution in [3.63, 3.8) is 0 Å². The van der Waals surface area contributed by atoms with Crippen molar-refractivity contribution in [2.75, 3.05) is 18.8 Å². The molecule has 1 heterocycles. The van der Waals surface area contributed by atoms with Crippen molar-refractivity contribution in [2.45, 2.75) is 58.9 Å². The maximum Gasteiger partial charge on any atom is 0.211 e. The first kappa shape index (κ1) is 16.9. The van der Waals surface area contributed by atoms with Gasteiger partial charge in [0, 0.05) is 6.04 Å². The summed E-state index contributed by atoms with van der Waals surface area (Å²) < 4.78 is 26.8. The Morgan fingerprint density at radius 1 is 1.16 bits per heavy atom. The van der Waals surface area contributed by atoms with Gasteiger partial charge in [-0.05, 0) is 64.0 Å². The molecule has 1 fully saturated rings. The molecule has 1 aliphatic heterocycles. The second-order valence-corrected chi connectivity index (χ2v) is 8.16. The summed E-state index contributed by atoms with van der Waals surface area (Å²) >= 11 is 0. The predicted octanol–water partition coefficient (Wildman–Crippen LogP) is 2.12. The summed E-state index contributed by atoms with van der Waals surface area (Å²) in [6, 6.07) is 0.0559. The highest BCUT2D eigenvalue weighted by molar-refractivity contribution is 7.89. The van der Waals surface area contributed by atoms with E-state index in [0.29, 0.717) is 11.8 Å². The Morgan fingerprint density at radius 2 is 1.79 bits per heavy atom. The summed E-state index contributed by atoms with van der Waals surface area (Å²) in [4.78, 5) is 0. The smallest absolute Gasteiger partial charge is 0.211 e. The van der Waals surface area contributed by atoms with Gasteiger partial charge in [-0.1, -0.05) is 13.8 Å². The van der Waals surface area contributed by atoms with E-state index in [1.54, 1.807) is 0 Å². The summed E-state index contributed by atoms with van der Waals surface area (Å²) in [6.07, 6.45) is 5.01. The van der Waals surface area contributed by atoms with Crippen LogP contribution in [0.15, 0.2) is 0 Å². The van der Waals surface area contributed by atoms with E-state index in [1.165, 1.54) is 0 Å². The van der Waals surface area contributed by atoms with Gasteiger partial charge in [0.25, 0.3) is 0 Å². The van der Waals surface area contributed by atoms with Crippen LogP contribution in [-0.4, -0.2) is 33.3 Å². The molecule has 0 radical (unpaired) electrons. The molecule has 0 amide bonds. The van der Waals surface area contributed by atoms with E-state index < -0.39 is 10.0 Å². The number of piperidine rings is 1. The van der Waals surface area contributed by atoms with Crippen LogP contribution in [0.4, 0.5) is 0 Å². The van der Waals surface area contributed by atoms with Gasteiger partial charge in [0.1, 0.15) is 0 Å². The third-order valence-electron chi connectivity index (χ3n) is 3.81. The second-order valence-electron chi connectivity index (χ2n) is 6.29. The van der Waals surface area contributed by atoms with Crippen molar-refractivity contribution in [2.24, 2.45) is 11.8 Å². The molecule has 0 bridgehead atoms. The average Bonchev–Trinajstić information content (AvgIpc) is 2.35. The second kappa shape index (κ2) is 8.22. The minimum atomic E-state index is -3.10. The highest BCUT2D eigenvalue weighted by Gasteiger charge is 2.19. The van der Waals surface area contributed by atoms with E-state index in [9.17, 15) is 8.42 Å². The van der Waals surface area contributed by atoms with E-state index >= 15 is 0 Å². The zero-order valence-electron chi connectivity index (χ0n) is 12.6. The number of hydrogen-bond acceptors (Lipinski definition) is 3.